The van der Waals surface area contributed by atoms with Crippen molar-refractivity contribution >= 4 is 23.5 Å². The zero-order valence-electron chi connectivity index (χ0n) is 11.7. The number of carbonyl (C=O) groups excluding carboxylic acids is 2. The number of ether oxygens (including phenoxy) is 1. The van der Waals surface area contributed by atoms with Gasteiger partial charge in [-0.1, -0.05) is 6.42 Å². The maximum Gasteiger partial charge on any atom is 0.337 e. The topological polar surface area (TPSA) is 92.7 Å². The number of anilines is 1. The van der Waals surface area contributed by atoms with E-state index in [1.807, 2.05) is 0 Å². The third kappa shape index (κ3) is 3.39. The SMILES string of the molecule is COC(=O)c1ccc(NC(=O)[C@@H]2CCC[C@@H]2C(=O)O)cc1. The van der Waals surface area contributed by atoms with Gasteiger partial charge >= 0.3 is 11.9 Å². The molecule has 2 N–H and O–H groups in total. The van der Waals surface area contributed by atoms with Crippen LogP contribution in [0.1, 0.15) is 29.6 Å². The second-order valence-corrected chi connectivity index (χ2v) is 5.04. The lowest BCUT2D eigenvalue weighted by Crippen LogP contribution is -2.29. The van der Waals surface area contributed by atoms with Gasteiger partial charge in [0, 0.05) is 5.69 Å². The molecular formula is C15H17NO5. The first kappa shape index (κ1) is 15.0. The molecule has 0 unspecified atom stereocenters. The molecule has 0 spiro atoms. The third-order valence-corrected chi connectivity index (χ3v) is 3.74. The summed E-state index contributed by atoms with van der Waals surface area (Å²) in [7, 11) is 1.30. The number of amides is 1. The van der Waals surface area contributed by atoms with E-state index in [4.69, 9.17) is 5.11 Å². The summed E-state index contributed by atoms with van der Waals surface area (Å²) in [5.41, 5.74) is 0.920. The Morgan fingerprint density at radius 3 is 2.33 bits per heavy atom. The zero-order valence-corrected chi connectivity index (χ0v) is 11.7. The molecule has 1 amide bonds. The molecule has 0 heterocycles. The highest BCUT2D eigenvalue weighted by Gasteiger charge is 2.37. The summed E-state index contributed by atoms with van der Waals surface area (Å²) in [5, 5.41) is 11.8. The maximum atomic E-state index is 12.1. The lowest BCUT2D eigenvalue weighted by Gasteiger charge is -2.15. The minimum Gasteiger partial charge on any atom is -0.481 e. The van der Waals surface area contributed by atoms with Gasteiger partial charge in [-0.2, -0.15) is 0 Å². The number of methoxy groups -OCH3 is 1. The van der Waals surface area contributed by atoms with E-state index in [0.29, 0.717) is 24.1 Å². The first-order valence-corrected chi connectivity index (χ1v) is 6.75. The fourth-order valence-corrected chi connectivity index (χ4v) is 2.61. The van der Waals surface area contributed by atoms with E-state index < -0.39 is 23.8 Å². The van der Waals surface area contributed by atoms with Crippen molar-refractivity contribution in [2.24, 2.45) is 11.8 Å². The van der Waals surface area contributed by atoms with Gasteiger partial charge in [-0.15, -0.1) is 0 Å². The molecule has 112 valence electrons. The van der Waals surface area contributed by atoms with Gasteiger partial charge in [0.1, 0.15) is 0 Å². The van der Waals surface area contributed by atoms with Gasteiger partial charge in [0.25, 0.3) is 0 Å². The Morgan fingerprint density at radius 1 is 1.14 bits per heavy atom. The normalized spacial score (nSPS) is 20.8. The first-order valence-electron chi connectivity index (χ1n) is 6.75. The Labute approximate surface area is 122 Å². The van der Waals surface area contributed by atoms with Gasteiger partial charge in [-0.25, -0.2) is 4.79 Å². The molecule has 0 aliphatic heterocycles. The second-order valence-electron chi connectivity index (χ2n) is 5.04. The molecule has 1 aromatic rings. The standard InChI is InChI=1S/C15H17NO5/c1-21-15(20)9-5-7-10(8-6-9)16-13(17)11-3-2-4-12(11)14(18)19/h5-8,11-12H,2-4H2,1H3,(H,16,17)(H,18,19)/t11-,12+/m1/s1. The average molecular weight is 291 g/mol. The third-order valence-electron chi connectivity index (χ3n) is 3.74. The van der Waals surface area contributed by atoms with Crippen LogP contribution in [0.2, 0.25) is 0 Å². The number of hydrogen-bond acceptors (Lipinski definition) is 4. The van der Waals surface area contributed by atoms with Gasteiger partial charge in [-0.3, -0.25) is 9.59 Å². The summed E-state index contributed by atoms with van der Waals surface area (Å²) in [4.78, 5) is 34.5. The van der Waals surface area contributed by atoms with Crippen LogP contribution in [-0.4, -0.2) is 30.1 Å². The van der Waals surface area contributed by atoms with E-state index >= 15 is 0 Å². The van der Waals surface area contributed by atoms with Crippen molar-refractivity contribution in [2.45, 2.75) is 19.3 Å². The fraction of sp³-hybridized carbons (Fsp3) is 0.400. The highest BCUT2D eigenvalue weighted by atomic mass is 16.5. The second kappa shape index (κ2) is 6.39. The molecule has 6 nitrogen and oxygen atoms in total. The van der Waals surface area contributed by atoms with Gasteiger partial charge in [0.2, 0.25) is 5.91 Å². The number of carboxylic acids is 1. The zero-order chi connectivity index (χ0) is 15.4. The van der Waals surface area contributed by atoms with E-state index in [1.54, 1.807) is 24.3 Å². The Balaban J connectivity index is 2.02. The first-order chi connectivity index (χ1) is 10.0. The molecule has 1 aliphatic carbocycles. The molecule has 1 aliphatic rings. The number of aliphatic carboxylic acids is 1. The van der Waals surface area contributed by atoms with Crippen molar-refractivity contribution in [3.8, 4) is 0 Å². The van der Waals surface area contributed by atoms with Gasteiger partial charge in [0.15, 0.2) is 0 Å². The maximum absolute atomic E-state index is 12.1. The van der Waals surface area contributed by atoms with Crippen LogP contribution in [0.25, 0.3) is 0 Å². The van der Waals surface area contributed by atoms with Crippen LogP contribution < -0.4 is 5.32 Å². The summed E-state index contributed by atoms with van der Waals surface area (Å²) >= 11 is 0. The molecule has 0 aromatic heterocycles. The average Bonchev–Trinajstić information content (AvgIpc) is 2.97. The van der Waals surface area contributed by atoms with Crippen LogP contribution in [0.3, 0.4) is 0 Å². The molecule has 6 heteroatoms. The minimum atomic E-state index is -0.923. The molecule has 0 saturated heterocycles. The van der Waals surface area contributed by atoms with Crippen LogP contribution in [-0.2, 0) is 14.3 Å². The van der Waals surface area contributed by atoms with E-state index in [2.05, 4.69) is 10.1 Å². The molecule has 1 fully saturated rings. The van der Waals surface area contributed by atoms with Gasteiger partial charge in [-0.05, 0) is 37.1 Å². The molecule has 0 bridgehead atoms. The molecule has 2 atom stereocenters. The smallest absolute Gasteiger partial charge is 0.337 e. The Hall–Kier alpha value is -2.37. The number of nitrogens with one attached hydrogen (secondary N) is 1. The number of hydrogen-bond donors (Lipinski definition) is 2. The predicted molar refractivity (Wildman–Crippen MR) is 74.9 cm³/mol. The summed E-state index contributed by atoms with van der Waals surface area (Å²) < 4.78 is 4.59. The van der Waals surface area contributed by atoms with Crippen LogP contribution in [0, 0.1) is 11.8 Å². The Morgan fingerprint density at radius 2 is 1.76 bits per heavy atom. The fourth-order valence-electron chi connectivity index (χ4n) is 2.61. The highest BCUT2D eigenvalue weighted by Crippen LogP contribution is 2.32. The van der Waals surface area contributed by atoms with Crippen LogP contribution in [0.5, 0.6) is 0 Å². The minimum absolute atomic E-state index is 0.286. The van der Waals surface area contributed by atoms with Crippen molar-refractivity contribution < 1.29 is 24.2 Å². The molecule has 1 aromatic carbocycles. The van der Waals surface area contributed by atoms with Gasteiger partial charge < -0.3 is 15.2 Å². The van der Waals surface area contributed by atoms with E-state index in [9.17, 15) is 14.4 Å². The number of esters is 1. The predicted octanol–water partition coefficient (Wildman–Crippen LogP) is 1.91. The van der Waals surface area contributed by atoms with Crippen molar-refractivity contribution in [1.82, 2.24) is 0 Å². The monoisotopic (exact) mass is 291 g/mol. The van der Waals surface area contributed by atoms with Crippen molar-refractivity contribution in [3.63, 3.8) is 0 Å². The number of carbonyl (C=O) groups is 3. The van der Waals surface area contributed by atoms with E-state index in [1.165, 1.54) is 7.11 Å². The lowest BCUT2D eigenvalue weighted by molar-refractivity contribution is -0.145. The summed E-state index contributed by atoms with van der Waals surface area (Å²) in [5.74, 6) is -2.77. The van der Waals surface area contributed by atoms with Crippen molar-refractivity contribution in [2.75, 3.05) is 12.4 Å². The molecule has 0 radical (unpaired) electrons. The van der Waals surface area contributed by atoms with Crippen LogP contribution >= 0.6 is 0 Å². The molecule has 2 rings (SSSR count). The number of carboxylic acid groups (broad SMARTS) is 1. The Kier molecular flexibility index (Phi) is 4.57. The van der Waals surface area contributed by atoms with Crippen molar-refractivity contribution in [1.29, 1.82) is 0 Å². The largest absolute Gasteiger partial charge is 0.481 e. The van der Waals surface area contributed by atoms with Crippen LogP contribution in [0.15, 0.2) is 24.3 Å². The summed E-state index contributed by atoms with van der Waals surface area (Å²) in [6.45, 7) is 0. The number of benzene rings is 1. The van der Waals surface area contributed by atoms with E-state index in [-0.39, 0.29) is 5.91 Å². The van der Waals surface area contributed by atoms with Crippen LogP contribution in [0.4, 0.5) is 5.69 Å². The highest BCUT2D eigenvalue weighted by molar-refractivity contribution is 5.96. The van der Waals surface area contributed by atoms with Crippen molar-refractivity contribution in [3.05, 3.63) is 29.8 Å². The molecule has 21 heavy (non-hydrogen) atoms. The van der Waals surface area contributed by atoms with E-state index in [0.717, 1.165) is 6.42 Å². The molecule has 1 saturated carbocycles. The quantitative estimate of drug-likeness (QED) is 0.827. The molecular weight excluding hydrogens is 274 g/mol. The summed E-state index contributed by atoms with van der Waals surface area (Å²) in [6.07, 6.45) is 1.87. The Bertz CT molecular complexity index is 552. The van der Waals surface area contributed by atoms with Gasteiger partial charge in [0.05, 0.1) is 24.5 Å². The summed E-state index contributed by atoms with van der Waals surface area (Å²) in [6, 6.07) is 6.28. The lowest BCUT2D eigenvalue weighted by atomic mass is 9.95. The number of rotatable bonds is 4.